The number of benzene rings is 1. The minimum Gasteiger partial charge on any atom is -0.495 e. The van der Waals surface area contributed by atoms with Crippen molar-refractivity contribution in [2.45, 2.75) is 0 Å². The van der Waals surface area contributed by atoms with Crippen molar-refractivity contribution in [1.82, 2.24) is 5.73 Å². The first-order valence-corrected chi connectivity index (χ1v) is 3.34. The van der Waals surface area contributed by atoms with Crippen LogP contribution in [0.1, 0.15) is 10.4 Å². The summed E-state index contributed by atoms with van der Waals surface area (Å²) in [5, 5.41) is 0. The van der Waals surface area contributed by atoms with Crippen LogP contribution < -0.4 is 16.2 Å². The van der Waals surface area contributed by atoms with Crippen LogP contribution in [0.25, 0.3) is 0 Å². The number of carbonyl (C=O) groups excluding carboxylic acids is 1. The van der Waals surface area contributed by atoms with E-state index in [1.54, 1.807) is 6.07 Å². The average Bonchev–Trinajstić information content (AvgIpc) is 2.04. The zero-order chi connectivity index (χ0) is 9.14. The quantitative estimate of drug-likeness (QED) is 0.700. The van der Waals surface area contributed by atoms with Crippen molar-refractivity contribution in [3.8, 4) is 5.75 Å². The van der Waals surface area contributed by atoms with E-state index in [1.807, 2.05) is 0 Å². The van der Waals surface area contributed by atoms with E-state index in [-0.39, 0.29) is 5.69 Å². The summed E-state index contributed by atoms with van der Waals surface area (Å²) >= 11 is 0. The van der Waals surface area contributed by atoms with E-state index in [2.05, 4.69) is 0 Å². The Morgan fingerprint density at radius 1 is 1.58 bits per heavy atom. The summed E-state index contributed by atoms with van der Waals surface area (Å²) in [4.78, 5) is 10.7. The number of nitrogens with two attached hydrogens (primary N) is 1. The summed E-state index contributed by atoms with van der Waals surface area (Å²) in [6.45, 7) is 0. The normalized spacial score (nSPS) is 9.42. The van der Waals surface area contributed by atoms with Gasteiger partial charge < -0.3 is 10.5 Å². The molecule has 0 bridgehead atoms. The fraction of sp³-hybridized carbons (Fsp3) is 0.125. The smallest absolute Gasteiger partial charge is 0.248 e. The summed E-state index contributed by atoms with van der Waals surface area (Å²) in [6.07, 6.45) is 0. The van der Waals surface area contributed by atoms with Crippen molar-refractivity contribution >= 4 is 11.6 Å². The second-order valence-corrected chi connectivity index (χ2v) is 2.28. The molecule has 0 saturated carbocycles. The third kappa shape index (κ3) is 1.47. The number of carbonyl (C=O) groups is 1. The molecule has 1 rings (SSSR count). The van der Waals surface area contributed by atoms with Gasteiger partial charge in [-0.2, -0.15) is 0 Å². The van der Waals surface area contributed by atoms with Crippen LogP contribution in [0, 0.1) is 0 Å². The molecular formula is C8H9N2O2. The lowest BCUT2D eigenvalue weighted by molar-refractivity contribution is 0.100. The molecule has 1 radical (unpaired) electrons. The fourth-order valence-corrected chi connectivity index (χ4v) is 0.861. The molecule has 12 heavy (non-hydrogen) atoms. The van der Waals surface area contributed by atoms with Crippen LogP contribution in [0.4, 0.5) is 5.69 Å². The predicted octanol–water partition coefficient (Wildman–Crippen LogP) is 0.709. The van der Waals surface area contributed by atoms with Gasteiger partial charge in [0, 0.05) is 5.56 Å². The van der Waals surface area contributed by atoms with Gasteiger partial charge in [-0.3, -0.25) is 10.5 Å². The summed E-state index contributed by atoms with van der Waals surface area (Å²) in [6, 6.07) is 4.45. The van der Waals surface area contributed by atoms with Gasteiger partial charge in [0.25, 0.3) is 0 Å². The second kappa shape index (κ2) is 3.13. The molecular weight excluding hydrogens is 156 g/mol. The van der Waals surface area contributed by atoms with Crippen LogP contribution in [-0.4, -0.2) is 13.0 Å². The predicted molar refractivity (Wildman–Crippen MR) is 44.3 cm³/mol. The molecule has 0 aromatic heterocycles. The Hall–Kier alpha value is -1.71. The molecule has 0 aliphatic heterocycles. The van der Waals surface area contributed by atoms with Crippen LogP contribution in [0.5, 0.6) is 5.75 Å². The molecule has 0 heterocycles. The Labute approximate surface area is 70.1 Å². The lowest BCUT2D eigenvalue weighted by Gasteiger charge is -2.03. The Bertz CT molecular complexity index is 310. The molecule has 0 fully saturated rings. The van der Waals surface area contributed by atoms with E-state index in [1.165, 1.54) is 19.2 Å². The molecule has 63 valence electrons. The van der Waals surface area contributed by atoms with Crippen LogP contribution in [0.15, 0.2) is 18.2 Å². The van der Waals surface area contributed by atoms with Crippen LogP contribution in [0.3, 0.4) is 0 Å². The number of ether oxygens (including phenoxy) is 1. The Balaban J connectivity index is 3.10. The second-order valence-electron chi connectivity index (χ2n) is 2.28. The summed E-state index contributed by atoms with van der Waals surface area (Å²) in [5.74, 6) is -0.105. The lowest BCUT2D eigenvalue weighted by Crippen LogP contribution is -2.10. The molecule has 0 saturated heterocycles. The Morgan fingerprint density at radius 3 is 2.67 bits per heavy atom. The summed E-state index contributed by atoms with van der Waals surface area (Å²) in [5.41, 5.74) is 12.9. The highest BCUT2D eigenvalue weighted by molar-refractivity contribution is 5.93. The first kappa shape index (κ1) is 8.39. The molecule has 4 nitrogen and oxygen atoms in total. The van der Waals surface area contributed by atoms with Crippen molar-refractivity contribution < 1.29 is 9.53 Å². The number of primary amides is 1. The van der Waals surface area contributed by atoms with Crippen molar-refractivity contribution in [3.05, 3.63) is 23.8 Å². The number of hydrogen-bond acceptors (Lipinski definition) is 2. The third-order valence-corrected chi connectivity index (χ3v) is 1.48. The standard InChI is InChI=1S/C8H9N2O2/c1-12-7-3-2-5(8(10)11)4-6(7)9/h2-4,9H,1H3,(H2,10,11). The molecule has 4 heteroatoms. The van der Waals surface area contributed by atoms with Gasteiger partial charge in [0.15, 0.2) is 0 Å². The molecule has 1 aromatic rings. The molecule has 0 unspecified atom stereocenters. The first-order valence-electron chi connectivity index (χ1n) is 3.34. The van der Waals surface area contributed by atoms with E-state index in [0.717, 1.165) is 0 Å². The largest absolute Gasteiger partial charge is 0.495 e. The Kier molecular flexibility index (Phi) is 2.19. The van der Waals surface area contributed by atoms with Gasteiger partial charge in [0.1, 0.15) is 5.75 Å². The van der Waals surface area contributed by atoms with Gasteiger partial charge in [-0.15, -0.1) is 0 Å². The average molecular weight is 165 g/mol. The molecule has 0 atom stereocenters. The topological polar surface area (TPSA) is 76.1 Å². The van der Waals surface area contributed by atoms with Gasteiger partial charge in [0.05, 0.1) is 12.8 Å². The van der Waals surface area contributed by atoms with E-state index in [0.29, 0.717) is 11.3 Å². The van der Waals surface area contributed by atoms with E-state index < -0.39 is 5.91 Å². The number of rotatable bonds is 2. The molecule has 0 aliphatic carbocycles. The van der Waals surface area contributed by atoms with Gasteiger partial charge >= 0.3 is 0 Å². The van der Waals surface area contributed by atoms with Gasteiger partial charge in [-0.25, -0.2) is 0 Å². The van der Waals surface area contributed by atoms with E-state index in [9.17, 15) is 4.79 Å². The lowest BCUT2D eigenvalue weighted by atomic mass is 10.2. The van der Waals surface area contributed by atoms with Crippen molar-refractivity contribution in [3.63, 3.8) is 0 Å². The fourth-order valence-electron chi connectivity index (χ4n) is 0.861. The minimum absolute atomic E-state index is 0.161. The minimum atomic E-state index is -0.536. The third-order valence-electron chi connectivity index (χ3n) is 1.48. The maximum atomic E-state index is 10.7. The Morgan fingerprint density at radius 2 is 2.25 bits per heavy atom. The van der Waals surface area contributed by atoms with Gasteiger partial charge in [-0.1, -0.05) is 0 Å². The van der Waals surface area contributed by atoms with Crippen LogP contribution >= 0.6 is 0 Å². The highest BCUT2D eigenvalue weighted by Crippen LogP contribution is 2.22. The monoisotopic (exact) mass is 165 g/mol. The van der Waals surface area contributed by atoms with Crippen molar-refractivity contribution in [2.24, 2.45) is 5.73 Å². The number of methoxy groups -OCH3 is 1. The van der Waals surface area contributed by atoms with E-state index >= 15 is 0 Å². The molecule has 1 amide bonds. The molecule has 3 N–H and O–H groups in total. The maximum Gasteiger partial charge on any atom is 0.248 e. The highest BCUT2D eigenvalue weighted by atomic mass is 16.5. The van der Waals surface area contributed by atoms with Crippen molar-refractivity contribution in [1.29, 1.82) is 0 Å². The zero-order valence-electron chi connectivity index (χ0n) is 6.63. The molecule has 0 spiro atoms. The van der Waals surface area contributed by atoms with Crippen LogP contribution in [-0.2, 0) is 0 Å². The first-order chi connectivity index (χ1) is 5.65. The highest BCUT2D eigenvalue weighted by Gasteiger charge is 2.04. The van der Waals surface area contributed by atoms with Gasteiger partial charge in [0.2, 0.25) is 5.91 Å². The molecule has 1 aromatic carbocycles. The number of amides is 1. The number of nitrogens with one attached hydrogen (secondary N) is 1. The summed E-state index contributed by atoms with van der Waals surface area (Å²) < 4.78 is 4.84. The summed E-state index contributed by atoms with van der Waals surface area (Å²) in [7, 11) is 1.47. The van der Waals surface area contributed by atoms with E-state index in [4.69, 9.17) is 16.2 Å². The van der Waals surface area contributed by atoms with Gasteiger partial charge in [-0.05, 0) is 18.2 Å². The maximum absolute atomic E-state index is 10.7. The van der Waals surface area contributed by atoms with Crippen molar-refractivity contribution in [2.75, 3.05) is 7.11 Å². The molecule has 0 aliphatic rings. The van der Waals surface area contributed by atoms with Crippen LogP contribution in [0.2, 0.25) is 0 Å². The number of hydrogen-bond donors (Lipinski definition) is 1. The zero-order valence-corrected chi connectivity index (χ0v) is 6.63. The SMILES string of the molecule is COc1ccc(C(N)=O)cc1[NH].